The Morgan fingerprint density at radius 2 is 1.79 bits per heavy atom. The molecular weight excluding hydrogens is 337 g/mol. The molecule has 2 rings (SSSR count). The van der Waals surface area contributed by atoms with Crippen LogP contribution < -0.4 is 14.2 Å². The number of benzene rings is 1. The predicted molar refractivity (Wildman–Crippen MR) is 87.0 cm³/mol. The molecule has 1 N–H and O–H groups in total. The molecule has 0 amide bonds. The Morgan fingerprint density at radius 3 is 2.42 bits per heavy atom. The highest BCUT2D eigenvalue weighted by molar-refractivity contribution is 7.91. The summed E-state index contributed by atoms with van der Waals surface area (Å²) in [6, 6.07) is 5.33. The third-order valence-corrected chi connectivity index (χ3v) is 4.07. The van der Waals surface area contributed by atoms with Gasteiger partial charge in [0, 0.05) is 0 Å². The third kappa shape index (κ3) is 5.05. The molecule has 24 heavy (non-hydrogen) atoms. The second-order valence-electron chi connectivity index (χ2n) is 4.73. The highest BCUT2D eigenvalue weighted by Crippen LogP contribution is 2.25. The fourth-order valence-electron chi connectivity index (χ4n) is 1.87. The van der Waals surface area contributed by atoms with Crippen molar-refractivity contribution in [3.8, 4) is 11.9 Å². The van der Waals surface area contributed by atoms with E-state index >= 15 is 0 Å². The Morgan fingerprint density at radius 1 is 1.12 bits per heavy atom. The summed E-state index contributed by atoms with van der Waals surface area (Å²) < 4.78 is 50.3. The molecule has 0 aliphatic carbocycles. The van der Waals surface area contributed by atoms with Gasteiger partial charge >= 0.3 is 6.01 Å². The van der Waals surface area contributed by atoms with Crippen molar-refractivity contribution in [1.29, 1.82) is 0 Å². The molecule has 1 aromatic heterocycles. The first-order valence-corrected chi connectivity index (χ1v) is 8.96. The van der Waals surface area contributed by atoms with Gasteiger partial charge in [-0.25, -0.2) is 17.8 Å². The summed E-state index contributed by atoms with van der Waals surface area (Å²) in [6.07, 6.45) is 1.28. The van der Waals surface area contributed by atoms with E-state index in [1.165, 1.54) is 30.5 Å². The van der Waals surface area contributed by atoms with Gasteiger partial charge in [0.1, 0.15) is 11.5 Å². The van der Waals surface area contributed by atoms with Gasteiger partial charge in [0.2, 0.25) is 15.9 Å². The van der Waals surface area contributed by atoms with Crippen LogP contribution >= 0.6 is 0 Å². The van der Waals surface area contributed by atoms with Crippen LogP contribution in [0.2, 0.25) is 0 Å². The van der Waals surface area contributed by atoms with E-state index < -0.39 is 15.8 Å². The van der Waals surface area contributed by atoms with Crippen molar-refractivity contribution in [3.05, 3.63) is 41.8 Å². The van der Waals surface area contributed by atoms with Crippen molar-refractivity contribution >= 4 is 15.7 Å². The molecule has 0 radical (unpaired) electrons. The largest absolute Gasteiger partial charge is 0.476 e. The van der Waals surface area contributed by atoms with Gasteiger partial charge in [-0.05, 0) is 31.5 Å². The molecule has 0 unspecified atom stereocenters. The standard InChI is InChI=1S/C15H18FN3O4S/c1-3-22-14-13(9-17-15(18-14)23-4-2)19-24(20,21)10-11-5-7-12(16)8-6-11/h5-9,19H,3-4,10H2,1-2H3. The minimum absolute atomic E-state index is 0.0821. The zero-order valence-corrected chi connectivity index (χ0v) is 14.1. The van der Waals surface area contributed by atoms with Gasteiger partial charge in [0.05, 0.1) is 25.2 Å². The maximum Gasteiger partial charge on any atom is 0.319 e. The summed E-state index contributed by atoms with van der Waals surface area (Å²) in [7, 11) is -3.74. The molecule has 0 fully saturated rings. The summed E-state index contributed by atoms with van der Waals surface area (Å²) in [5.41, 5.74) is 0.566. The average Bonchev–Trinajstić information content (AvgIpc) is 2.52. The normalized spacial score (nSPS) is 11.1. The quantitative estimate of drug-likeness (QED) is 0.782. The second-order valence-corrected chi connectivity index (χ2v) is 6.45. The van der Waals surface area contributed by atoms with E-state index in [9.17, 15) is 12.8 Å². The SMILES string of the molecule is CCOc1ncc(NS(=O)(=O)Cc2ccc(F)cc2)c(OCC)n1. The molecule has 0 saturated heterocycles. The molecular formula is C15H18FN3O4S. The van der Waals surface area contributed by atoms with E-state index in [0.29, 0.717) is 18.8 Å². The number of hydrogen-bond acceptors (Lipinski definition) is 6. The Hall–Kier alpha value is -2.42. The van der Waals surface area contributed by atoms with Crippen LogP contribution in [0.5, 0.6) is 11.9 Å². The van der Waals surface area contributed by atoms with Crippen molar-refractivity contribution in [2.45, 2.75) is 19.6 Å². The first-order valence-electron chi connectivity index (χ1n) is 7.31. The average molecular weight is 355 g/mol. The number of anilines is 1. The lowest BCUT2D eigenvalue weighted by molar-refractivity contribution is 0.290. The van der Waals surface area contributed by atoms with Crippen molar-refractivity contribution in [1.82, 2.24) is 9.97 Å². The number of ether oxygens (including phenoxy) is 2. The van der Waals surface area contributed by atoms with Crippen LogP contribution in [0.1, 0.15) is 19.4 Å². The zero-order chi connectivity index (χ0) is 17.6. The van der Waals surface area contributed by atoms with Gasteiger partial charge in [-0.3, -0.25) is 4.72 Å². The van der Waals surface area contributed by atoms with E-state index in [0.717, 1.165) is 0 Å². The monoisotopic (exact) mass is 355 g/mol. The Balaban J connectivity index is 2.19. The van der Waals surface area contributed by atoms with Gasteiger partial charge in [-0.2, -0.15) is 4.98 Å². The van der Waals surface area contributed by atoms with Crippen LogP contribution in [0.4, 0.5) is 10.1 Å². The van der Waals surface area contributed by atoms with Crippen LogP contribution in [-0.2, 0) is 15.8 Å². The molecule has 0 bridgehead atoms. The summed E-state index contributed by atoms with van der Waals surface area (Å²) >= 11 is 0. The topological polar surface area (TPSA) is 90.4 Å². The molecule has 1 aromatic carbocycles. The molecule has 0 saturated carbocycles. The molecule has 2 aromatic rings. The van der Waals surface area contributed by atoms with Crippen LogP contribution in [0.25, 0.3) is 0 Å². The molecule has 130 valence electrons. The van der Waals surface area contributed by atoms with Crippen molar-refractivity contribution < 1.29 is 22.3 Å². The first kappa shape index (κ1) is 17.9. The smallest absolute Gasteiger partial charge is 0.319 e. The van der Waals surface area contributed by atoms with Crippen molar-refractivity contribution in [3.63, 3.8) is 0 Å². The van der Waals surface area contributed by atoms with Gasteiger partial charge < -0.3 is 9.47 Å². The van der Waals surface area contributed by atoms with E-state index in [1.54, 1.807) is 13.8 Å². The maximum absolute atomic E-state index is 12.9. The number of nitrogens with one attached hydrogen (secondary N) is 1. The molecule has 0 spiro atoms. The maximum atomic E-state index is 12.9. The summed E-state index contributed by atoms with van der Waals surface area (Å²) in [5.74, 6) is -0.659. The highest BCUT2D eigenvalue weighted by atomic mass is 32.2. The minimum atomic E-state index is -3.74. The van der Waals surface area contributed by atoms with Crippen LogP contribution in [-0.4, -0.2) is 31.6 Å². The molecule has 1 heterocycles. The van der Waals surface area contributed by atoms with E-state index in [1.807, 2.05) is 0 Å². The lowest BCUT2D eigenvalue weighted by Gasteiger charge is -2.12. The van der Waals surface area contributed by atoms with E-state index in [-0.39, 0.29) is 23.3 Å². The Bertz CT molecular complexity index is 782. The molecule has 0 aliphatic heterocycles. The van der Waals surface area contributed by atoms with Crippen LogP contribution in [0.15, 0.2) is 30.5 Å². The fraction of sp³-hybridized carbons (Fsp3) is 0.333. The Kier molecular flexibility index (Phi) is 5.91. The molecule has 7 nitrogen and oxygen atoms in total. The minimum Gasteiger partial charge on any atom is -0.476 e. The van der Waals surface area contributed by atoms with Gasteiger partial charge in [-0.15, -0.1) is 0 Å². The molecule has 0 atom stereocenters. The third-order valence-electron chi connectivity index (χ3n) is 2.82. The summed E-state index contributed by atoms with van der Waals surface area (Å²) in [5, 5.41) is 0. The predicted octanol–water partition coefficient (Wildman–Crippen LogP) is 2.36. The van der Waals surface area contributed by atoms with Gasteiger partial charge in [0.15, 0.2) is 0 Å². The van der Waals surface area contributed by atoms with Crippen LogP contribution in [0, 0.1) is 5.82 Å². The number of aromatic nitrogens is 2. The Labute approximate surface area is 139 Å². The fourth-order valence-corrected chi connectivity index (χ4v) is 3.05. The van der Waals surface area contributed by atoms with Crippen LogP contribution in [0.3, 0.4) is 0 Å². The number of sulfonamides is 1. The van der Waals surface area contributed by atoms with Crippen molar-refractivity contribution in [2.24, 2.45) is 0 Å². The zero-order valence-electron chi connectivity index (χ0n) is 13.3. The number of nitrogens with zero attached hydrogens (tertiary/aromatic N) is 2. The summed E-state index contributed by atoms with van der Waals surface area (Å²) in [4.78, 5) is 7.95. The first-order chi connectivity index (χ1) is 11.4. The van der Waals surface area contributed by atoms with E-state index in [4.69, 9.17) is 9.47 Å². The van der Waals surface area contributed by atoms with Gasteiger partial charge in [-0.1, -0.05) is 12.1 Å². The van der Waals surface area contributed by atoms with Crippen molar-refractivity contribution in [2.75, 3.05) is 17.9 Å². The number of hydrogen-bond donors (Lipinski definition) is 1. The lowest BCUT2D eigenvalue weighted by atomic mass is 10.2. The number of halogens is 1. The van der Waals surface area contributed by atoms with E-state index in [2.05, 4.69) is 14.7 Å². The number of rotatable bonds is 8. The second kappa shape index (κ2) is 7.91. The lowest BCUT2D eigenvalue weighted by Crippen LogP contribution is -2.17. The molecule has 9 heteroatoms. The molecule has 0 aliphatic rings. The highest BCUT2D eigenvalue weighted by Gasteiger charge is 2.17. The summed E-state index contributed by atoms with van der Waals surface area (Å²) in [6.45, 7) is 4.21. The van der Waals surface area contributed by atoms with Gasteiger partial charge in [0.25, 0.3) is 0 Å².